The van der Waals surface area contributed by atoms with Gasteiger partial charge in [0.05, 0.1) is 11.8 Å². The summed E-state index contributed by atoms with van der Waals surface area (Å²) in [6, 6.07) is 5.35. The number of pyridine rings is 1. The maximum Gasteiger partial charge on any atom is 0.141 e. The lowest BCUT2D eigenvalue weighted by Gasteiger charge is -2.23. The Hall–Kier alpha value is -1.26. The van der Waals surface area contributed by atoms with Crippen LogP contribution in [-0.4, -0.2) is 10.1 Å². The summed E-state index contributed by atoms with van der Waals surface area (Å²) in [7, 11) is 0. The van der Waals surface area contributed by atoms with E-state index in [1.807, 2.05) is 17.5 Å². The van der Waals surface area contributed by atoms with Crippen molar-refractivity contribution in [2.24, 2.45) is 0 Å². The molecule has 90 valence electrons. The first kappa shape index (κ1) is 12.2. The molecular weight excluding hydrogens is 237 g/mol. The second-order valence-electron chi connectivity index (χ2n) is 4.25. The quantitative estimate of drug-likeness (QED) is 0.905. The zero-order chi connectivity index (χ0) is 12.3. The van der Waals surface area contributed by atoms with Gasteiger partial charge in [0.15, 0.2) is 0 Å². The Bertz CT molecular complexity index is 482. The smallest absolute Gasteiger partial charge is 0.141 e. The molecule has 0 amide bonds. The number of rotatable bonds is 4. The van der Waals surface area contributed by atoms with Gasteiger partial charge in [-0.25, -0.2) is 4.39 Å². The third kappa shape index (κ3) is 3.11. The summed E-state index contributed by atoms with van der Waals surface area (Å²) in [5.41, 5.74) is -0.520. The van der Waals surface area contributed by atoms with Gasteiger partial charge in [-0.3, -0.25) is 4.98 Å². The molecule has 2 nitrogen and oxygen atoms in total. The van der Waals surface area contributed by atoms with Crippen molar-refractivity contribution in [1.82, 2.24) is 4.98 Å². The third-order valence-electron chi connectivity index (χ3n) is 2.77. The molecule has 0 aromatic carbocycles. The van der Waals surface area contributed by atoms with E-state index in [2.05, 4.69) is 4.98 Å². The van der Waals surface area contributed by atoms with Crippen LogP contribution >= 0.6 is 11.3 Å². The van der Waals surface area contributed by atoms with E-state index in [4.69, 9.17) is 0 Å². The Morgan fingerprint density at radius 1 is 1.47 bits per heavy atom. The van der Waals surface area contributed by atoms with Gasteiger partial charge in [-0.05, 0) is 37.3 Å². The monoisotopic (exact) mass is 251 g/mol. The molecule has 0 bridgehead atoms. The lowest BCUT2D eigenvalue weighted by Crippen LogP contribution is -2.22. The predicted octanol–water partition coefficient (Wildman–Crippen LogP) is 3.12. The Balaban J connectivity index is 2.08. The molecule has 2 rings (SSSR count). The van der Waals surface area contributed by atoms with E-state index in [1.54, 1.807) is 18.3 Å². The minimum atomic E-state index is -1.04. The van der Waals surface area contributed by atoms with Crippen LogP contribution < -0.4 is 0 Å². The highest BCUT2D eigenvalue weighted by atomic mass is 32.1. The lowest BCUT2D eigenvalue weighted by molar-refractivity contribution is 0.0476. The average Bonchev–Trinajstić information content (AvgIpc) is 2.79. The van der Waals surface area contributed by atoms with E-state index in [-0.39, 0.29) is 0 Å². The molecule has 1 atom stereocenters. The minimum Gasteiger partial charge on any atom is -0.385 e. The molecule has 17 heavy (non-hydrogen) atoms. The van der Waals surface area contributed by atoms with E-state index in [9.17, 15) is 9.50 Å². The first-order chi connectivity index (χ1) is 8.08. The molecule has 0 fully saturated rings. The molecule has 2 aromatic heterocycles. The molecule has 0 spiro atoms. The van der Waals surface area contributed by atoms with E-state index in [0.717, 1.165) is 12.6 Å². The molecule has 1 N–H and O–H groups in total. The number of aryl methyl sites for hydroxylation is 1. The van der Waals surface area contributed by atoms with Crippen LogP contribution in [0.3, 0.4) is 0 Å². The first-order valence-corrected chi connectivity index (χ1v) is 6.32. The highest BCUT2D eigenvalue weighted by Gasteiger charge is 2.23. The fourth-order valence-corrected chi connectivity index (χ4v) is 2.38. The van der Waals surface area contributed by atoms with E-state index in [1.165, 1.54) is 17.1 Å². The molecule has 0 aliphatic carbocycles. The largest absolute Gasteiger partial charge is 0.385 e. The fraction of sp³-hybridized carbons (Fsp3) is 0.308. The van der Waals surface area contributed by atoms with Crippen molar-refractivity contribution in [3.63, 3.8) is 0 Å². The molecule has 0 saturated carbocycles. The molecule has 2 aromatic rings. The van der Waals surface area contributed by atoms with Gasteiger partial charge in [-0.1, -0.05) is 6.07 Å². The van der Waals surface area contributed by atoms with Crippen LogP contribution in [0.25, 0.3) is 0 Å². The summed E-state index contributed by atoms with van der Waals surface area (Å²) in [5, 5.41) is 12.3. The molecule has 2 heterocycles. The molecule has 0 aliphatic rings. The first-order valence-electron chi connectivity index (χ1n) is 5.44. The van der Waals surface area contributed by atoms with Crippen molar-refractivity contribution in [3.05, 3.63) is 52.2 Å². The summed E-state index contributed by atoms with van der Waals surface area (Å²) in [4.78, 5) is 4.98. The summed E-state index contributed by atoms with van der Waals surface area (Å²) in [5.74, 6) is -0.418. The number of nitrogens with zero attached hydrogens (tertiary/aromatic N) is 1. The van der Waals surface area contributed by atoms with Crippen LogP contribution in [0, 0.1) is 5.82 Å². The van der Waals surface area contributed by atoms with Crippen molar-refractivity contribution >= 4 is 11.3 Å². The van der Waals surface area contributed by atoms with Gasteiger partial charge in [0.1, 0.15) is 5.82 Å². The highest BCUT2D eigenvalue weighted by Crippen LogP contribution is 2.27. The number of hydrogen-bond acceptors (Lipinski definition) is 3. The Morgan fingerprint density at radius 3 is 2.94 bits per heavy atom. The van der Waals surface area contributed by atoms with Crippen molar-refractivity contribution < 1.29 is 9.50 Å². The second kappa shape index (κ2) is 4.94. The van der Waals surface area contributed by atoms with E-state index >= 15 is 0 Å². The molecule has 0 saturated heterocycles. The van der Waals surface area contributed by atoms with Crippen LogP contribution in [0.5, 0.6) is 0 Å². The normalized spacial score (nSPS) is 14.5. The third-order valence-corrected chi connectivity index (χ3v) is 3.70. The van der Waals surface area contributed by atoms with Gasteiger partial charge in [0.25, 0.3) is 0 Å². The Morgan fingerprint density at radius 2 is 2.29 bits per heavy atom. The summed E-state index contributed by atoms with van der Waals surface area (Å²) < 4.78 is 13.0. The second-order valence-corrected chi connectivity index (χ2v) is 5.28. The standard InChI is InChI=1S/C13H14FNOS/c1-13(16,5-4-12-3-2-6-17-12)10-7-11(14)9-15-8-10/h2-3,6-9,16H,4-5H2,1H3. The summed E-state index contributed by atoms with van der Waals surface area (Å²) in [6.45, 7) is 1.69. The molecular formula is C13H14FNOS. The molecule has 4 heteroatoms. The maximum absolute atomic E-state index is 13.0. The van der Waals surface area contributed by atoms with Crippen LogP contribution in [0.2, 0.25) is 0 Å². The van der Waals surface area contributed by atoms with Crippen molar-refractivity contribution in [1.29, 1.82) is 0 Å². The van der Waals surface area contributed by atoms with Crippen LogP contribution in [0.4, 0.5) is 4.39 Å². The zero-order valence-electron chi connectivity index (χ0n) is 9.56. The van der Waals surface area contributed by atoms with Crippen molar-refractivity contribution in [3.8, 4) is 0 Å². The highest BCUT2D eigenvalue weighted by molar-refractivity contribution is 7.09. The predicted molar refractivity (Wildman–Crippen MR) is 66.4 cm³/mol. The topological polar surface area (TPSA) is 33.1 Å². The van der Waals surface area contributed by atoms with Crippen LogP contribution in [0.1, 0.15) is 23.8 Å². The van der Waals surface area contributed by atoms with Crippen LogP contribution in [0.15, 0.2) is 36.0 Å². The molecule has 1 unspecified atom stereocenters. The zero-order valence-corrected chi connectivity index (χ0v) is 10.4. The van der Waals surface area contributed by atoms with Crippen molar-refractivity contribution in [2.75, 3.05) is 0 Å². The lowest BCUT2D eigenvalue weighted by atomic mass is 9.92. The SMILES string of the molecule is CC(O)(CCc1cccs1)c1cncc(F)c1. The summed E-state index contributed by atoms with van der Waals surface area (Å²) >= 11 is 1.66. The van der Waals surface area contributed by atoms with Gasteiger partial charge < -0.3 is 5.11 Å². The Labute approximate surface area is 104 Å². The van der Waals surface area contributed by atoms with E-state index in [0.29, 0.717) is 12.0 Å². The average molecular weight is 251 g/mol. The van der Waals surface area contributed by atoms with Gasteiger partial charge in [-0.2, -0.15) is 0 Å². The van der Waals surface area contributed by atoms with Gasteiger partial charge in [0.2, 0.25) is 0 Å². The maximum atomic E-state index is 13.0. The van der Waals surface area contributed by atoms with Crippen molar-refractivity contribution in [2.45, 2.75) is 25.4 Å². The Kier molecular flexibility index (Phi) is 3.54. The molecule has 0 aliphatic heterocycles. The van der Waals surface area contributed by atoms with E-state index < -0.39 is 11.4 Å². The minimum absolute atomic E-state index is 0.418. The number of aliphatic hydroxyl groups is 1. The van der Waals surface area contributed by atoms with Gasteiger partial charge >= 0.3 is 0 Å². The fourth-order valence-electron chi connectivity index (χ4n) is 1.67. The molecule has 0 radical (unpaired) electrons. The number of hydrogen-bond donors (Lipinski definition) is 1. The van der Waals surface area contributed by atoms with Gasteiger partial charge in [0, 0.05) is 16.6 Å². The summed E-state index contributed by atoms with van der Waals surface area (Å²) in [6.07, 6.45) is 3.98. The van der Waals surface area contributed by atoms with Crippen LogP contribution in [-0.2, 0) is 12.0 Å². The number of halogens is 1. The number of thiophene rings is 1. The number of aromatic nitrogens is 1. The van der Waals surface area contributed by atoms with Gasteiger partial charge in [-0.15, -0.1) is 11.3 Å².